The number of anilines is 1. The number of allylic oxidation sites excluding steroid dienone is 4. The van der Waals surface area contributed by atoms with Crippen LogP contribution in [0.1, 0.15) is 45.2 Å². The molecule has 0 spiro atoms. The smallest absolute Gasteiger partial charge is 0.255 e. The highest BCUT2D eigenvalue weighted by Gasteiger charge is 2.24. The number of ether oxygens (including phenoxy) is 1. The highest BCUT2D eigenvalue weighted by molar-refractivity contribution is 6.02. The molecule has 0 bridgehead atoms. The molecule has 7 nitrogen and oxygen atoms in total. The Morgan fingerprint density at radius 3 is 2.14 bits per heavy atom. The Bertz CT molecular complexity index is 1280. The van der Waals surface area contributed by atoms with E-state index in [-0.39, 0.29) is 11.8 Å². The van der Waals surface area contributed by atoms with Gasteiger partial charge in [0.1, 0.15) is 11.8 Å². The second-order valence-corrected chi connectivity index (χ2v) is 8.23. The summed E-state index contributed by atoms with van der Waals surface area (Å²) in [5, 5.41) is 8.57. The molecule has 7 heteroatoms. The van der Waals surface area contributed by atoms with Gasteiger partial charge in [-0.3, -0.25) is 14.4 Å². The third kappa shape index (κ3) is 6.27. The summed E-state index contributed by atoms with van der Waals surface area (Å²) in [6, 6.07) is 21.2. The van der Waals surface area contributed by atoms with Gasteiger partial charge in [-0.2, -0.15) is 0 Å². The number of benzene rings is 3. The monoisotopic (exact) mass is 481 g/mol. The summed E-state index contributed by atoms with van der Waals surface area (Å²) in [5.41, 5.74) is 2.86. The van der Waals surface area contributed by atoms with E-state index in [0.717, 1.165) is 18.5 Å². The molecule has 36 heavy (non-hydrogen) atoms. The van der Waals surface area contributed by atoms with E-state index in [4.69, 9.17) is 4.74 Å². The number of hydrogen-bond acceptors (Lipinski definition) is 4. The summed E-state index contributed by atoms with van der Waals surface area (Å²) in [4.78, 5) is 38.8. The summed E-state index contributed by atoms with van der Waals surface area (Å²) in [6.07, 6.45) is 7.51. The number of hydrogen-bond donors (Lipinski definition) is 3. The zero-order chi connectivity index (χ0) is 25.3. The molecule has 0 fully saturated rings. The maximum absolute atomic E-state index is 13.3. The lowest BCUT2D eigenvalue weighted by Crippen LogP contribution is -2.37. The van der Waals surface area contributed by atoms with Gasteiger partial charge in [-0.25, -0.2) is 0 Å². The molecule has 1 aliphatic rings. The molecule has 3 N–H and O–H groups in total. The van der Waals surface area contributed by atoms with Gasteiger partial charge in [0.05, 0.1) is 7.11 Å². The predicted octanol–water partition coefficient (Wildman–Crippen LogP) is 4.77. The predicted molar refractivity (Wildman–Crippen MR) is 139 cm³/mol. The van der Waals surface area contributed by atoms with Crippen LogP contribution < -0.4 is 20.7 Å². The minimum Gasteiger partial charge on any atom is -0.497 e. The van der Waals surface area contributed by atoms with Crippen LogP contribution in [0.2, 0.25) is 0 Å². The largest absolute Gasteiger partial charge is 0.497 e. The number of rotatable bonds is 8. The first-order valence-corrected chi connectivity index (χ1v) is 11.6. The Labute approximate surface area is 209 Å². The molecular weight excluding hydrogens is 454 g/mol. The van der Waals surface area contributed by atoms with Crippen molar-refractivity contribution in [2.45, 2.75) is 18.9 Å². The summed E-state index contributed by atoms with van der Waals surface area (Å²) in [6.45, 7) is 0. The van der Waals surface area contributed by atoms with E-state index in [1.165, 1.54) is 0 Å². The molecule has 0 radical (unpaired) electrons. The molecular formula is C29H27N3O4. The third-order valence-corrected chi connectivity index (χ3v) is 5.73. The van der Waals surface area contributed by atoms with Gasteiger partial charge in [0.15, 0.2) is 0 Å². The molecule has 4 rings (SSSR count). The SMILES string of the molecule is COc1ccc(NC(=O)C(NC(=O)c2ccccc2)c2ccc(C(=O)NC3=CC=CCC3)cc2)cc1. The van der Waals surface area contributed by atoms with Crippen LogP contribution in [0.4, 0.5) is 5.69 Å². The van der Waals surface area contributed by atoms with E-state index >= 15 is 0 Å². The Kier molecular flexibility index (Phi) is 7.93. The Hall–Kier alpha value is -4.65. The Morgan fingerprint density at radius 2 is 1.50 bits per heavy atom. The zero-order valence-electron chi connectivity index (χ0n) is 19.9. The summed E-state index contributed by atoms with van der Waals surface area (Å²) in [7, 11) is 1.57. The van der Waals surface area contributed by atoms with Gasteiger partial charge >= 0.3 is 0 Å². The standard InChI is InChI=1S/C29H27N3O4/c1-36-25-18-16-24(17-19-25)31-29(35)26(32-28(34)21-8-4-2-5-9-21)20-12-14-22(15-13-20)27(33)30-23-10-6-3-7-11-23/h2-6,8-10,12-19,26H,7,11H2,1H3,(H,30,33)(H,31,35)(H,32,34). The molecule has 3 aromatic carbocycles. The van der Waals surface area contributed by atoms with Crippen LogP contribution in [-0.4, -0.2) is 24.8 Å². The minimum absolute atomic E-state index is 0.226. The second-order valence-electron chi connectivity index (χ2n) is 8.23. The molecule has 1 unspecified atom stereocenters. The van der Waals surface area contributed by atoms with Crippen LogP contribution in [0.3, 0.4) is 0 Å². The Morgan fingerprint density at radius 1 is 0.806 bits per heavy atom. The van der Waals surface area contributed by atoms with Crippen LogP contribution in [0.25, 0.3) is 0 Å². The molecule has 0 saturated carbocycles. The third-order valence-electron chi connectivity index (χ3n) is 5.73. The maximum Gasteiger partial charge on any atom is 0.255 e. The normalized spacial score (nSPS) is 13.2. The van der Waals surface area contributed by atoms with E-state index in [1.54, 1.807) is 79.9 Å². The molecule has 1 aliphatic carbocycles. The van der Waals surface area contributed by atoms with Crippen LogP contribution in [0.15, 0.2) is 103 Å². The lowest BCUT2D eigenvalue weighted by Gasteiger charge is -2.20. The fourth-order valence-electron chi connectivity index (χ4n) is 3.74. The molecule has 3 amide bonds. The van der Waals surface area contributed by atoms with Crippen molar-refractivity contribution in [3.63, 3.8) is 0 Å². The van der Waals surface area contributed by atoms with Gasteiger partial charge in [0.2, 0.25) is 0 Å². The van der Waals surface area contributed by atoms with Gasteiger partial charge in [0, 0.05) is 22.5 Å². The van der Waals surface area contributed by atoms with Crippen molar-refractivity contribution < 1.29 is 19.1 Å². The van der Waals surface area contributed by atoms with Gasteiger partial charge in [-0.05, 0) is 73.0 Å². The van der Waals surface area contributed by atoms with Crippen molar-refractivity contribution in [3.8, 4) is 5.75 Å². The van der Waals surface area contributed by atoms with Gasteiger partial charge in [-0.15, -0.1) is 0 Å². The van der Waals surface area contributed by atoms with Crippen LogP contribution in [0, 0.1) is 0 Å². The first-order valence-electron chi connectivity index (χ1n) is 11.6. The van der Waals surface area contributed by atoms with Gasteiger partial charge in [0.25, 0.3) is 17.7 Å². The van der Waals surface area contributed by atoms with Gasteiger partial charge < -0.3 is 20.7 Å². The quantitative estimate of drug-likeness (QED) is 0.432. The average molecular weight is 482 g/mol. The van der Waals surface area contributed by atoms with E-state index in [0.29, 0.717) is 28.1 Å². The zero-order valence-corrected chi connectivity index (χ0v) is 19.9. The fraction of sp³-hybridized carbons (Fsp3) is 0.138. The van der Waals surface area contributed by atoms with Crippen molar-refractivity contribution in [3.05, 3.63) is 119 Å². The molecule has 3 aromatic rings. The fourth-order valence-corrected chi connectivity index (χ4v) is 3.74. The van der Waals surface area contributed by atoms with Crippen LogP contribution in [0.5, 0.6) is 5.75 Å². The number of methoxy groups -OCH3 is 1. The van der Waals surface area contributed by atoms with Crippen LogP contribution >= 0.6 is 0 Å². The Balaban J connectivity index is 1.54. The van der Waals surface area contributed by atoms with Crippen molar-refractivity contribution in [2.24, 2.45) is 0 Å². The van der Waals surface area contributed by atoms with E-state index < -0.39 is 11.9 Å². The minimum atomic E-state index is -0.983. The van der Waals surface area contributed by atoms with Crippen molar-refractivity contribution in [2.75, 3.05) is 12.4 Å². The highest BCUT2D eigenvalue weighted by atomic mass is 16.5. The summed E-state index contributed by atoms with van der Waals surface area (Å²) < 4.78 is 5.16. The molecule has 1 atom stereocenters. The molecule has 182 valence electrons. The first-order chi connectivity index (χ1) is 17.5. The number of carbonyl (C=O) groups excluding carboxylic acids is 3. The highest BCUT2D eigenvalue weighted by Crippen LogP contribution is 2.20. The van der Waals surface area contributed by atoms with E-state index in [9.17, 15) is 14.4 Å². The van der Waals surface area contributed by atoms with Crippen molar-refractivity contribution in [1.29, 1.82) is 0 Å². The van der Waals surface area contributed by atoms with Crippen molar-refractivity contribution in [1.82, 2.24) is 10.6 Å². The van der Waals surface area contributed by atoms with Gasteiger partial charge in [-0.1, -0.05) is 42.5 Å². The summed E-state index contributed by atoms with van der Waals surface area (Å²) in [5.74, 6) is -0.364. The topological polar surface area (TPSA) is 96.5 Å². The molecule has 0 aromatic heterocycles. The van der Waals surface area contributed by atoms with Crippen LogP contribution in [-0.2, 0) is 4.79 Å². The van der Waals surface area contributed by atoms with Crippen molar-refractivity contribution >= 4 is 23.4 Å². The lowest BCUT2D eigenvalue weighted by molar-refractivity contribution is -0.118. The first kappa shape index (κ1) is 24.5. The average Bonchev–Trinajstić information content (AvgIpc) is 2.93. The number of nitrogens with one attached hydrogen (secondary N) is 3. The molecule has 0 heterocycles. The molecule has 0 aliphatic heterocycles. The van der Waals surface area contributed by atoms with E-state index in [2.05, 4.69) is 16.0 Å². The van der Waals surface area contributed by atoms with E-state index in [1.807, 2.05) is 24.3 Å². The maximum atomic E-state index is 13.3. The molecule has 0 saturated heterocycles. The lowest BCUT2D eigenvalue weighted by atomic mass is 10.0. The summed E-state index contributed by atoms with van der Waals surface area (Å²) >= 11 is 0. The number of carbonyl (C=O) groups is 3. The second kappa shape index (κ2) is 11.7. The number of amides is 3.